The average Bonchev–Trinajstić information content (AvgIpc) is 2.69. The normalized spacial score (nSPS) is 14.6. The standard InChI is InChI=1S/C14H16ClNS/c1-9-4-5-10(2)11(8-9)14(3,16)12-6-7-13(15)17-12/h4-8H,16H2,1-3H3. The molecule has 90 valence electrons. The Labute approximate surface area is 111 Å². The molecule has 2 rings (SSSR count). The van der Waals surface area contributed by atoms with Crippen LogP contribution < -0.4 is 5.73 Å². The van der Waals surface area contributed by atoms with Gasteiger partial charge >= 0.3 is 0 Å². The Morgan fingerprint density at radius 3 is 2.47 bits per heavy atom. The van der Waals surface area contributed by atoms with Crippen LogP contribution >= 0.6 is 22.9 Å². The summed E-state index contributed by atoms with van der Waals surface area (Å²) in [7, 11) is 0. The summed E-state index contributed by atoms with van der Waals surface area (Å²) >= 11 is 7.53. The lowest BCUT2D eigenvalue weighted by Crippen LogP contribution is -2.34. The van der Waals surface area contributed by atoms with Gasteiger partial charge in [0.05, 0.1) is 9.88 Å². The topological polar surface area (TPSA) is 26.0 Å². The van der Waals surface area contributed by atoms with Crippen molar-refractivity contribution in [2.75, 3.05) is 0 Å². The number of rotatable bonds is 2. The average molecular weight is 266 g/mol. The van der Waals surface area contributed by atoms with Crippen LogP contribution in [0.3, 0.4) is 0 Å². The Balaban J connectivity index is 2.54. The van der Waals surface area contributed by atoms with Crippen LogP contribution in [0.15, 0.2) is 30.3 Å². The maximum Gasteiger partial charge on any atom is 0.0932 e. The van der Waals surface area contributed by atoms with Crippen molar-refractivity contribution >= 4 is 22.9 Å². The van der Waals surface area contributed by atoms with E-state index in [0.29, 0.717) is 0 Å². The van der Waals surface area contributed by atoms with E-state index in [0.717, 1.165) is 14.8 Å². The molecule has 1 atom stereocenters. The zero-order valence-electron chi connectivity index (χ0n) is 10.3. The fourth-order valence-corrected chi connectivity index (χ4v) is 3.14. The Hall–Kier alpha value is -0.830. The van der Waals surface area contributed by atoms with Crippen LogP contribution in [0, 0.1) is 13.8 Å². The molecule has 0 saturated carbocycles. The smallest absolute Gasteiger partial charge is 0.0932 e. The molecule has 2 aromatic rings. The van der Waals surface area contributed by atoms with Crippen molar-refractivity contribution in [3.8, 4) is 0 Å². The molecule has 0 aliphatic heterocycles. The van der Waals surface area contributed by atoms with E-state index in [1.807, 2.05) is 19.1 Å². The second kappa shape index (κ2) is 4.45. The molecule has 3 heteroatoms. The number of benzene rings is 1. The summed E-state index contributed by atoms with van der Waals surface area (Å²) in [6.07, 6.45) is 0. The minimum Gasteiger partial charge on any atom is -0.317 e. The summed E-state index contributed by atoms with van der Waals surface area (Å²) in [5.74, 6) is 0. The highest BCUT2D eigenvalue weighted by Gasteiger charge is 2.27. The predicted molar refractivity (Wildman–Crippen MR) is 75.9 cm³/mol. The van der Waals surface area contributed by atoms with E-state index < -0.39 is 5.54 Å². The molecule has 1 heterocycles. The number of thiophene rings is 1. The summed E-state index contributed by atoms with van der Waals surface area (Å²) in [6.45, 7) is 6.21. The quantitative estimate of drug-likeness (QED) is 0.864. The van der Waals surface area contributed by atoms with Gasteiger partial charge in [-0.15, -0.1) is 11.3 Å². The van der Waals surface area contributed by atoms with Crippen LogP contribution in [0.2, 0.25) is 4.34 Å². The molecule has 1 unspecified atom stereocenters. The van der Waals surface area contributed by atoms with Crippen molar-refractivity contribution in [2.24, 2.45) is 5.73 Å². The van der Waals surface area contributed by atoms with E-state index in [4.69, 9.17) is 17.3 Å². The molecule has 0 spiro atoms. The second-order valence-corrected chi connectivity index (χ2v) is 6.34. The Kier molecular flexibility index (Phi) is 3.30. The maximum atomic E-state index is 6.49. The van der Waals surface area contributed by atoms with Crippen molar-refractivity contribution < 1.29 is 0 Å². The molecule has 1 nitrogen and oxygen atoms in total. The van der Waals surface area contributed by atoms with Gasteiger partial charge in [0, 0.05) is 4.88 Å². The van der Waals surface area contributed by atoms with Crippen molar-refractivity contribution in [3.05, 3.63) is 56.2 Å². The Bertz CT molecular complexity index is 543. The fraction of sp³-hybridized carbons (Fsp3) is 0.286. The molecule has 0 fully saturated rings. The van der Waals surface area contributed by atoms with Gasteiger partial charge in [-0.1, -0.05) is 35.4 Å². The van der Waals surface area contributed by atoms with Gasteiger partial charge in [0.15, 0.2) is 0 Å². The van der Waals surface area contributed by atoms with Gasteiger partial charge in [-0.2, -0.15) is 0 Å². The maximum absolute atomic E-state index is 6.49. The van der Waals surface area contributed by atoms with Crippen molar-refractivity contribution in [1.29, 1.82) is 0 Å². The van der Waals surface area contributed by atoms with Crippen LogP contribution in [-0.2, 0) is 5.54 Å². The summed E-state index contributed by atoms with van der Waals surface area (Å²) in [6, 6.07) is 10.3. The first-order chi connectivity index (χ1) is 7.91. The van der Waals surface area contributed by atoms with Crippen LogP contribution in [0.25, 0.3) is 0 Å². The third-order valence-electron chi connectivity index (χ3n) is 3.04. The van der Waals surface area contributed by atoms with Gasteiger partial charge in [-0.3, -0.25) is 0 Å². The zero-order chi connectivity index (χ0) is 12.6. The molecule has 0 bridgehead atoms. The molecule has 0 saturated heterocycles. The number of halogens is 1. The van der Waals surface area contributed by atoms with Gasteiger partial charge in [0.25, 0.3) is 0 Å². The highest BCUT2D eigenvalue weighted by atomic mass is 35.5. The minimum atomic E-state index is -0.478. The van der Waals surface area contributed by atoms with Crippen LogP contribution in [0.5, 0.6) is 0 Å². The van der Waals surface area contributed by atoms with Crippen LogP contribution in [-0.4, -0.2) is 0 Å². The minimum absolute atomic E-state index is 0.478. The molecule has 1 aromatic carbocycles. The van der Waals surface area contributed by atoms with E-state index in [1.165, 1.54) is 11.1 Å². The van der Waals surface area contributed by atoms with E-state index in [-0.39, 0.29) is 0 Å². The predicted octanol–water partition coefficient (Wildman–Crippen LogP) is 4.24. The summed E-state index contributed by atoms with van der Waals surface area (Å²) in [4.78, 5) is 1.09. The summed E-state index contributed by atoms with van der Waals surface area (Å²) in [5.41, 5.74) is 9.62. The largest absolute Gasteiger partial charge is 0.317 e. The number of nitrogens with two attached hydrogens (primary N) is 1. The van der Waals surface area contributed by atoms with Gasteiger partial charge in [-0.25, -0.2) is 0 Å². The first-order valence-electron chi connectivity index (χ1n) is 5.53. The molecule has 0 aliphatic rings. The summed E-state index contributed by atoms with van der Waals surface area (Å²) in [5, 5.41) is 0. The number of hydrogen-bond donors (Lipinski definition) is 1. The molecule has 0 radical (unpaired) electrons. The van der Waals surface area contributed by atoms with E-state index in [9.17, 15) is 0 Å². The molecule has 0 aliphatic carbocycles. The molecule has 17 heavy (non-hydrogen) atoms. The van der Waals surface area contributed by atoms with Gasteiger partial charge in [0.1, 0.15) is 0 Å². The van der Waals surface area contributed by atoms with Gasteiger partial charge in [-0.05, 0) is 44.0 Å². The Morgan fingerprint density at radius 2 is 1.88 bits per heavy atom. The number of hydrogen-bond acceptors (Lipinski definition) is 2. The molecular weight excluding hydrogens is 250 g/mol. The van der Waals surface area contributed by atoms with E-state index in [1.54, 1.807) is 11.3 Å². The molecule has 2 N–H and O–H groups in total. The SMILES string of the molecule is Cc1ccc(C)c(C(C)(N)c2ccc(Cl)s2)c1. The molecule has 0 amide bonds. The third-order valence-corrected chi connectivity index (χ3v) is 4.51. The monoisotopic (exact) mass is 265 g/mol. The van der Waals surface area contributed by atoms with Crippen molar-refractivity contribution in [1.82, 2.24) is 0 Å². The highest BCUT2D eigenvalue weighted by molar-refractivity contribution is 7.16. The summed E-state index contributed by atoms with van der Waals surface area (Å²) < 4.78 is 0.780. The zero-order valence-corrected chi connectivity index (χ0v) is 11.8. The Morgan fingerprint density at radius 1 is 1.18 bits per heavy atom. The van der Waals surface area contributed by atoms with Crippen molar-refractivity contribution in [2.45, 2.75) is 26.3 Å². The lowest BCUT2D eigenvalue weighted by atomic mass is 9.87. The van der Waals surface area contributed by atoms with E-state index >= 15 is 0 Å². The van der Waals surface area contributed by atoms with Crippen LogP contribution in [0.1, 0.15) is 28.5 Å². The van der Waals surface area contributed by atoms with Crippen LogP contribution in [0.4, 0.5) is 0 Å². The highest BCUT2D eigenvalue weighted by Crippen LogP contribution is 2.35. The van der Waals surface area contributed by atoms with Crippen molar-refractivity contribution in [3.63, 3.8) is 0 Å². The first-order valence-corrected chi connectivity index (χ1v) is 6.73. The lowest BCUT2D eigenvalue weighted by Gasteiger charge is -2.26. The second-order valence-electron chi connectivity index (χ2n) is 4.62. The third kappa shape index (κ3) is 2.39. The first kappa shape index (κ1) is 12.6. The molecular formula is C14H16ClNS. The van der Waals surface area contributed by atoms with Gasteiger partial charge in [0.2, 0.25) is 0 Å². The van der Waals surface area contributed by atoms with Gasteiger partial charge < -0.3 is 5.73 Å². The van der Waals surface area contributed by atoms with E-state index in [2.05, 4.69) is 32.0 Å². The number of aryl methyl sites for hydroxylation is 2. The molecule has 1 aromatic heterocycles. The lowest BCUT2D eigenvalue weighted by molar-refractivity contribution is 0.612. The fourth-order valence-electron chi connectivity index (χ4n) is 2.02.